The molecule has 3 rings (SSSR count). The van der Waals surface area contributed by atoms with Crippen LogP contribution in [0.15, 0.2) is 24.8 Å². The third-order valence-electron chi connectivity index (χ3n) is 3.10. The van der Waals surface area contributed by atoms with Crippen molar-refractivity contribution in [3.63, 3.8) is 0 Å². The van der Waals surface area contributed by atoms with Gasteiger partial charge < -0.3 is 10.1 Å². The van der Waals surface area contributed by atoms with Crippen LogP contribution >= 0.6 is 12.4 Å². The van der Waals surface area contributed by atoms with Crippen LogP contribution in [0.2, 0.25) is 0 Å². The number of hydrogen-bond donors (Lipinski definition) is 1. The number of piperidine rings is 1. The van der Waals surface area contributed by atoms with Crippen molar-refractivity contribution in [2.75, 3.05) is 13.1 Å². The monoisotopic (exact) mass is 282 g/mol. The van der Waals surface area contributed by atoms with E-state index >= 15 is 0 Å². The number of fused-ring (bicyclic) bond motifs is 1. The van der Waals surface area contributed by atoms with Crippen LogP contribution in [0.1, 0.15) is 12.8 Å². The molecule has 0 saturated carbocycles. The standard InChI is InChI=1S/C12H14N4O2.ClH/c17-12(18-10-1-4-13-5-2-10)16-6-3-9-7-14-8-15-11(9)16;/h3,6-8,10,13H,1-2,4-5H2;1H. The molecule has 0 radical (unpaired) electrons. The molecule has 2 aromatic rings. The molecule has 0 spiro atoms. The van der Waals surface area contributed by atoms with Crippen LogP contribution in [0.3, 0.4) is 0 Å². The van der Waals surface area contributed by atoms with Gasteiger partial charge in [-0.2, -0.15) is 0 Å². The zero-order valence-corrected chi connectivity index (χ0v) is 11.1. The van der Waals surface area contributed by atoms with Gasteiger partial charge in [-0.05, 0) is 32.0 Å². The third-order valence-corrected chi connectivity index (χ3v) is 3.10. The SMILES string of the molecule is Cl.O=C(OC1CCNCC1)n1ccc2cncnc21. The molecular weight excluding hydrogens is 268 g/mol. The van der Waals surface area contributed by atoms with Crippen molar-refractivity contribution in [3.05, 3.63) is 24.8 Å². The first-order valence-corrected chi connectivity index (χ1v) is 6.03. The number of halogens is 1. The van der Waals surface area contributed by atoms with E-state index in [4.69, 9.17) is 4.74 Å². The summed E-state index contributed by atoms with van der Waals surface area (Å²) < 4.78 is 6.90. The predicted molar refractivity (Wildman–Crippen MR) is 72.5 cm³/mol. The Morgan fingerprint density at radius 1 is 1.42 bits per heavy atom. The fourth-order valence-electron chi connectivity index (χ4n) is 2.14. The summed E-state index contributed by atoms with van der Waals surface area (Å²) in [5.74, 6) is 0. The molecule has 1 saturated heterocycles. The van der Waals surface area contributed by atoms with E-state index in [2.05, 4.69) is 15.3 Å². The maximum Gasteiger partial charge on any atom is 0.419 e. The van der Waals surface area contributed by atoms with Gasteiger partial charge in [-0.15, -0.1) is 12.4 Å². The second-order valence-electron chi connectivity index (χ2n) is 4.32. The van der Waals surface area contributed by atoms with Crippen molar-refractivity contribution in [2.45, 2.75) is 18.9 Å². The molecule has 19 heavy (non-hydrogen) atoms. The summed E-state index contributed by atoms with van der Waals surface area (Å²) in [6, 6.07) is 1.80. The molecule has 0 bridgehead atoms. The first-order chi connectivity index (χ1) is 8.84. The van der Waals surface area contributed by atoms with E-state index in [0.29, 0.717) is 5.65 Å². The fraction of sp³-hybridized carbons (Fsp3) is 0.417. The second kappa shape index (κ2) is 5.99. The zero-order chi connectivity index (χ0) is 12.4. The minimum Gasteiger partial charge on any atom is -0.445 e. The lowest BCUT2D eigenvalue weighted by Crippen LogP contribution is -2.34. The molecule has 0 unspecified atom stereocenters. The molecule has 1 fully saturated rings. The number of nitrogens with one attached hydrogen (secondary N) is 1. The van der Waals surface area contributed by atoms with Crippen LogP contribution in [-0.4, -0.2) is 39.8 Å². The van der Waals surface area contributed by atoms with E-state index in [1.165, 1.54) is 10.9 Å². The van der Waals surface area contributed by atoms with Gasteiger partial charge >= 0.3 is 6.09 Å². The van der Waals surface area contributed by atoms with Crippen molar-refractivity contribution in [2.24, 2.45) is 0 Å². The average Bonchev–Trinajstić information content (AvgIpc) is 2.84. The Morgan fingerprint density at radius 2 is 2.21 bits per heavy atom. The molecule has 102 valence electrons. The Morgan fingerprint density at radius 3 is 3.00 bits per heavy atom. The predicted octanol–water partition coefficient (Wildman–Crippen LogP) is 1.59. The van der Waals surface area contributed by atoms with Crippen LogP contribution in [0.5, 0.6) is 0 Å². The van der Waals surface area contributed by atoms with E-state index in [1.54, 1.807) is 18.5 Å². The molecule has 0 amide bonds. The highest BCUT2D eigenvalue weighted by molar-refractivity contribution is 5.86. The van der Waals surface area contributed by atoms with Gasteiger partial charge in [0.15, 0.2) is 5.65 Å². The van der Waals surface area contributed by atoms with Gasteiger partial charge in [0, 0.05) is 17.8 Å². The van der Waals surface area contributed by atoms with Crippen LogP contribution < -0.4 is 5.32 Å². The normalized spacial score (nSPS) is 16.0. The quantitative estimate of drug-likeness (QED) is 0.860. The summed E-state index contributed by atoms with van der Waals surface area (Å²) in [7, 11) is 0. The number of carbonyl (C=O) groups excluding carboxylic acids is 1. The third kappa shape index (κ3) is 2.85. The lowest BCUT2D eigenvalue weighted by atomic mass is 10.1. The molecule has 1 aliphatic heterocycles. The summed E-state index contributed by atoms with van der Waals surface area (Å²) in [6.45, 7) is 1.79. The Hall–Kier alpha value is -1.66. The van der Waals surface area contributed by atoms with Gasteiger partial charge in [0.25, 0.3) is 0 Å². The molecule has 0 atom stereocenters. The van der Waals surface area contributed by atoms with Crippen molar-refractivity contribution >= 4 is 29.5 Å². The van der Waals surface area contributed by atoms with Crippen LogP contribution in [0.4, 0.5) is 4.79 Å². The van der Waals surface area contributed by atoms with Gasteiger partial charge in [-0.1, -0.05) is 0 Å². The van der Waals surface area contributed by atoms with Gasteiger partial charge in [-0.3, -0.25) is 0 Å². The van der Waals surface area contributed by atoms with E-state index in [9.17, 15) is 4.79 Å². The lowest BCUT2D eigenvalue weighted by Gasteiger charge is -2.22. The second-order valence-corrected chi connectivity index (χ2v) is 4.32. The lowest BCUT2D eigenvalue weighted by molar-refractivity contribution is 0.0812. The van der Waals surface area contributed by atoms with Gasteiger partial charge in [0.1, 0.15) is 12.4 Å². The first-order valence-electron chi connectivity index (χ1n) is 6.03. The molecule has 3 heterocycles. The number of nitrogens with zero attached hydrogens (tertiary/aromatic N) is 3. The molecular formula is C12H15ClN4O2. The highest BCUT2D eigenvalue weighted by Gasteiger charge is 2.19. The largest absolute Gasteiger partial charge is 0.445 e. The van der Waals surface area contributed by atoms with Crippen molar-refractivity contribution in [1.82, 2.24) is 19.9 Å². The summed E-state index contributed by atoms with van der Waals surface area (Å²) >= 11 is 0. The van der Waals surface area contributed by atoms with Gasteiger partial charge in [-0.25, -0.2) is 19.3 Å². The summed E-state index contributed by atoms with van der Waals surface area (Å²) in [5.41, 5.74) is 0.587. The number of rotatable bonds is 1. The molecule has 0 aliphatic carbocycles. The minimum atomic E-state index is -0.365. The first kappa shape index (κ1) is 13.8. The van der Waals surface area contributed by atoms with Gasteiger partial charge in [0.05, 0.1) is 0 Å². The van der Waals surface area contributed by atoms with E-state index < -0.39 is 0 Å². The average molecular weight is 283 g/mol. The van der Waals surface area contributed by atoms with E-state index in [1.807, 2.05) is 0 Å². The molecule has 1 aliphatic rings. The van der Waals surface area contributed by atoms with E-state index in [0.717, 1.165) is 31.3 Å². The number of aromatic nitrogens is 3. The van der Waals surface area contributed by atoms with Crippen molar-refractivity contribution in [1.29, 1.82) is 0 Å². The fourth-order valence-corrected chi connectivity index (χ4v) is 2.14. The van der Waals surface area contributed by atoms with Crippen molar-refractivity contribution < 1.29 is 9.53 Å². The molecule has 6 nitrogen and oxygen atoms in total. The number of carbonyl (C=O) groups is 1. The van der Waals surface area contributed by atoms with E-state index in [-0.39, 0.29) is 24.6 Å². The van der Waals surface area contributed by atoms with Gasteiger partial charge in [0.2, 0.25) is 0 Å². The Labute approximate surface area is 116 Å². The van der Waals surface area contributed by atoms with Crippen LogP contribution in [-0.2, 0) is 4.74 Å². The number of hydrogen-bond acceptors (Lipinski definition) is 5. The molecule has 0 aromatic carbocycles. The smallest absolute Gasteiger partial charge is 0.419 e. The van der Waals surface area contributed by atoms with Crippen LogP contribution in [0, 0.1) is 0 Å². The van der Waals surface area contributed by atoms with Crippen LogP contribution in [0.25, 0.3) is 11.0 Å². The minimum absolute atomic E-state index is 0. The Bertz CT molecular complexity index is 566. The maximum atomic E-state index is 12.0. The molecule has 7 heteroatoms. The Balaban J connectivity index is 0.00000133. The maximum absolute atomic E-state index is 12.0. The topological polar surface area (TPSA) is 69.0 Å². The molecule has 1 N–H and O–H groups in total. The highest BCUT2D eigenvalue weighted by atomic mass is 35.5. The zero-order valence-electron chi connectivity index (χ0n) is 10.3. The van der Waals surface area contributed by atoms with Crippen molar-refractivity contribution in [3.8, 4) is 0 Å². The number of ether oxygens (including phenoxy) is 1. The summed E-state index contributed by atoms with van der Waals surface area (Å²) in [6.07, 6.45) is 6.13. The molecule has 2 aromatic heterocycles. The summed E-state index contributed by atoms with van der Waals surface area (Å²) in [5, 5.41) is 4.07. The Kier molecular flexibility index (Phi) is 4.34. The summed E-state index contributed by atoms with van der Waals surface area (Å²) in [4.78, 5) is 20.1. The highest BCUT2D eigenvalue weighted by Crippen LogP contribution is 2.14.